The number of rotatable bonds is 2. The Hall–Kier alpha value is 0.320. The summed E-state index contributed by atoms with van der Waals surface area (Å²) < 4.78 is 20.3. The molecule has 0 heterocycles. The van der Waals surface area contributed by atoms with E-state index >= 15 is 0 Å². The van der Waals surface area contributed by atoms with Crippen molar-refractivity contribution < 1.29 is 9.11 Å². The van der Waals surface area contributed by atoms with Gasteiger partial charge in [0, 0.05) is 0 Å². The normalized spacial score (nSPS) is 9.05. The predicted octanol–water partition coefficient (Wildman–Crippen LogP) is 4.05. The summed E-state index contributed by atoms with van der Waals surface area (Å²) >= 11 is 1.05. The Morgan fingerprint density at radius 3 is 1.11 bits per heavy atom. The Morgan fingerprint density at radius 1 is 0.632 bits per heavy atom. The molecule has 0 N–H and O–H groups in total. The quantitative estimate of drug-likeness (QED) is 0.619. The van der Waals surface area contributed by atoms with Crippen LogP contribution >= 0.6 is 24.1 Å². The van der Waals surface area contributed by atoms with E-state index in [-0.39, 0.29) is 37.7 Å². The molecule has 2 nitrogen and oxygen atoms in total. The molecule has 19 heavy (non-hydrogen) atoms. The van der Waals surface area contributed by atoms with Crippen molar-refractivity contribution in [2.75, 3.05) is 0 Å². The standard InChI is InChI=1S/2C7H8OS.Ca/c2*1-6-2-4-7(9-8)5-3-6;/h2*2-5,8H,1H3;/q;;+2/p-2. The summed E-state index contributed by atoms with van der Waals surface area (Å²) in [7, 11) is 0. The molecule has 0 aliphatic carbocycles. The van der Waals surface area contributed by atoms with Gasteiger partial charge in [0.2, 0.25) is 0 Å². The molecule has 0 spiro atoms. The second kappa shape index (κ2) is 11.0. The van der Waals surface area contributed by atoms with Crippen LogP contribution in [-0.4, -0.2) is 46.8 Å². The molecule has 2 rings (SSSR count). The molecule has 0 aliphatic heterocycles. The van der Waals surface area contributed by atoms with Crippen molar-refractivity contribution in [1.82, 2.24) is 0 Å². The molecule has 0 aliphatic rings. The fourth-order valence-corrected chi connectivity index (χ4v) is 1.68. The van der Waals surface area contributed by atoms with Gasteiger partial charge in [0.15, 0.2) is 0 Å². The molecule has 0 atom stereocenters. The first-order chi connectivity index (χ1) is 8.65. The SMILES string of the molecule is Cc1ccc(S[O-])cc1.Cc1ccc(S[O-])cc1.[Ca+2]. The van der Waals surface area contributed by atoms with E-state index in [1.807, 2.05) is 62.4 Å². The van der Waals surface area contributed by atoms with Crippen LogP contribution in [0.3, 0.4) is 0 Å². The summed E-state index contributed by atoms with van der Waals surface area (Å²) in [6.45, 7) is 4.00. The maximum absolute atomic E-state index is 10.2. The summed E-state index contributed by atoms with van der Waals surface area (Å²) in [5.74, 6) is 0. The molecule has 2 aromatic rings. The molecular weight excluding hydrogens is 304 g/mol. The predicted molar refractivity (Wildman–Crippen MR) is 81.4 cm³/mol. The van der Waals surface area contributed by atoms with Crippen LogP contribution in [0.5, 0.6) is 0 Å². The molecule has 0 saturated heterocycles. The van der Waals surface area contributed by atoms with E-state index in [9.17, 15) is 9.11 Å². The molecule has 0 saturated carbocycles. The van der Waals surface area contributed by atoms with Crippen LogP contribution < -0.4 is 0 Å². The van der Waals surface area contributed by atoms with E-state index in [0.29, 0.717) is 24.1 Å². The van der Waals surface area contributed by atoms with E-state index in [4.69, 9.17) is 0 Å². The largest absolute Gasteiger partial charge is 2.00 e. The summed E-state index contributed by atoms with van der Waals surface area (Å²) in [6, 6.07) is 15.0. The number of aryl methyl sites for hydroxylation is 2. The van der Waals surface area contributed by atoms with Crippen LogP contribution in [0.25, 0.3) is 0 Å². The smallest absolute Gasteiger partial charge is 0.795 e. The van der Waals surface area contributed by atoms with Gasteiger partial charge in [0.25, 0.3) is 0 Å². The molecule has 96 valence electrons. The average Bonchev–Trinajstić information content (AvgIpc) is 2.41. The summed E-state index contributed by atoms with van der Waals surface area (Å²) in [5.41, 5.74) is 2.38. The van der Waals surface area contributed by atoms with E-state index < -0.39 is 0 Å². The Kier molecular flexibility index (Phi) is 11.2. The molecule has 2 aromatic carbocycles. The Labute approximate surface area is 153 Å². The zero-order chi connectivity index (χ0) is 13.4. The number of hydrogen-bond donors (Lipinski definition) is 0. The van der Waals surface area contributed by atoms with Gasteiger partial charge in [-0.2, -0.15) is 0 Å². The van der Waals surface area contributed by atoms with Gasteiger partial charge in [-0.3, -0.25) is 0 Å². The second-order valence-electron chi connectivity index (χ2n) is 3.79. The monoisotopic (exact) mass is 318 g/mol. The summed E-state index contributed by atoms with van der Waals surface area (Å²) in [4.78, 5) is 1.56. The van der Waals surface area contributed by atoms with Crippen LogP contribution in [0.15, 0.2) is 58.3 Å². The molecule has 0 amide bonds. The summed E-state index contributed by atoms with van der Waals surface area (Å²) in [5, 5.41) is 0. The van der Waals surface area contributed by atoms with Gasteiger partial charge >= 0.3 is 37.7 Å². The maximum atomic E-state index is 10.2. The van der Waals surface area contributed by atoms with Crippen LogP contribution in [0.1, 0.15) is 11.1 Å². The van der Waals surface area contributed by atoms with E-state index in [2.05, 4.69) is 0 Å². The Bertz CT molecular complexity index is 412. The zero-order valence-electron chi connectivity index (χ0n) is 11.0. The first-order valence-corrected chi connectivity index (χ1v) is 6.87. The van der Waals surface area contributed by atoms with Crippen molar-refractivity contribution in [3.05, 3.63) is 59.7 Å². The molecule has 0 fully saturated rings. The van der Waals surface area contributed by atoms with Crippen molar-refractivity contribution in [2.24, 2.45) is 0 Å². The van der Waals surface area contributed by atoms with Gasteiger partial charge in [-0.15, -0.1) is 0 Å². The van der Waals surface area contributed by atoms with Crippen LogP contribution in [-0.2, 0) is 0 Å². The van der Waals surface area contributed by atoms with Gasteiger partial charge in [0.1, 0.15) is 0 Å². The van der Waals surface area contributed by atoms with Gasteiger partial charge in [-0.1, -0.05) is 35.4 Å². The van der Waals surface area contributed by atoms with E-state index in [0.717, 1.165) is 9.79 Å². The second-order valence-corrected chi connectivity index (χ2v) is 5.07. The minimum Gasteiger partial charge on any atom is -0.795 e. The van der Waals surface area contributed by atoms with E-state index in [1.165, 1.54) is 11.1 Å². The molecule has 0 aromatic heterocycles. The topological polar surface area (TPSA) is 46.1 Å². The number of hydrogen-bond acceptors (Lipinski definition) is 4. The first kappa shape index (κ1) is 19.3. The molecule has 5 heteroatoms. The molecule has 0 unspecified atom stereocenters. The minimum absolute atomic E-state index is 0. The zero-order valence-corrected chi connectivity index (χ0v) is 14.8. The van der Waals surface area contributed by atoms with Crippen molar-refractivity contribution in [1.29, 1.82) is 0 Å². The molecular formula is C14H14CaO2S2. The van der Waals surface area contributed by atoms with Gasteiger partial charge in [-0.25, -0.2) is 24.1 Å². The molecule has 0 radical (unpaired) electrons. The average molecular weight is 318 g/mol. The van der Waals surface area contributed by atoms with Crippen molar-refractivity contribution >= 4 is 61.8 Å². The van der Waals surface area contributed by atoms with Crippen molar-refractivity contribution in [3.8, 4) is 0 Å². The van der Waals surface area contributed by atoms with Gasteiger partial charge < -0.3 is 9.11 Å². The van der Waals surface area contributed by atoms with Gasteiger partial charge in [-0.05, 0) is 47.9 Å². The maximum Gasteiger partial charge on any atom is 2.00 e. The third kappa shape index (κ3) is 8.25. The Morgan fingerprint density at radius 2 is 0.895 bits per heavy atom. The third-order valence-corrected chi connectivity index (χ3v) is 3.16. The van der Waals surface area contributed by atoms with E-state index in [1.54, 1.807) is 0 Å². The van der Waals surface area contributed by atoms with Crippen LogP contribution in [0, 0.1) is 13.8 Å². The van der Waals surface area contributed by atoms with Crippen LogP contribution in [0.2, 0.25) is 0 Å². The Balaban J connectivity index is 0.000000324. The van der Waals surface area contributed by atoms with Crippen molar-refractivity contribution in [3.63, 3.8) is 0 Å². The van der Waals surface area contributed by atoms with Crippen molar-refractivity contribution in [2.45, 2.75) is 23.6 Å². The minimum atomic E-state index is 0. The fraction of sp³-hybridized carbons (Fsp3) is 0.143. The number of benzene rings is 2. The molecule has 0 bridgehead atoms. The van der Waals surface area contributed by atoms with Gasteiger partial charge in [0.05, 0.1) is 0 Å². The first-order valence-electron chi connectivity index (χ1n) is 5.38. The van der Waals surface area contributed by atoms with Crippen LogP contribution in [0.4, 0.5) is 0 Å². The summed E-state index contributed by atoms with van der Waals surface area (Å²) in [6.07, 6.45) is 0. The third-order valence-electron chi connectivity index (χ3n) is 2.23. The fourth-order valence-electron chi connectivity index (χ4n) is 1.19.